The predicted molar refractivity (Wildman–Crippen MR) is 191 cm³/mol. The van der Waals surface area contributed by atoms with Gasteiger partial charge >= 0.3 is 0 Å². The topological polar surface area (TPSA) is 105 Å². The van der Waals surface area contributed by atoms with Crippen molar-refractivity contribution in [3.8, 4) is 11.5 Å². The average molecular weight is 722 g/mol. The number of rotatable bonds is 14. The van der Waals surface area contributed by atoms with E-state index in [9.17, 15) is 22.4 Å². The van der Waals surface area contributed by atoms with Crippen LogP contribution in [0.3, 0.4) is 0 Å². The van der Waals surface area contributed by atoms with E-state index in [0.29, 0.717) is 16.3 Å². The highest BCUT2D eigenvalue weighted by atomic mass is 35.5. The van der Waals surface area contributed by atoms with Gasteiger partial charge in [-0.25, -0.2) is 12.8 Å². The summed E-state index contributed by atoms with van der Waals surface area (Å²) in [5.41, 5.74) is 1.46. The maximum atomic E-state index is 14.7. The van der Waals surface area contributed by atoms with E-state index in [1.807, 2.05) is 30.3 Å². The number of nitrogens with one attached hydrogen (secondary N) is 1. The summed E-state index contributed by atoms with van der Waals surface area (Å²) in [5.74, 6) is -1.09. The van der Waals surface area contributed by atoms with Gasteiger partial charge in [0.2, 0.25) is 11.8 Å². The van der Waals surface area contributed by atoms with Crippen LogP contribution < -0.4 is 19.1 Å². The molecule has 2 amide bonds. The summed E-state index contributed by atoms with van der Waals surface area (Å²) in [7, 11) is -1.65. The van der Waals surface area contributed by atoms with Crippen LogP contribution in [0.4, 0.5) is 10.1 Å². The summed E-state index contributed by atoms with van der Waals surface area (Å²) in [6.45, 7) is -0.767. The molecule has 0 bridgehead atoms. The summed E-state index contributed by atoms with van der Waals surface area (Å²) < 4.78 is 54.4. The molecule has 0 aromatic heterocycles. The summed E-state index contributed by atoms with van der Waals surface area (Å²) in [6, 6.07) is 24.2. The molecule has 0 unspecified atom stereocenters. The lowest BCUT2D eigenvalue weighted by Gasteiger charge is -2.35. The average Bonchev–Trinajstić information content (AvgIpc) is 3.13. The van der Waals surface area contributed by atoms with Crippen LogP contribution in [0.15, 0.2) is 102 Å². The molecule has 0 saturated heterocycles. The molecule has 4 aromatic rings. The van der Waals surface area contributed by atoms with Gasteiger partial charge in [-0.05, 0) is 66.4 Å². The molecule has 9 nitrogen and oxygen atoms in total. The number of amides is 2. The molecule has 5 rings (SSSR count). The summed E-state index contributed by atoms with van der Waals surface area (Å²) >= 11 is 6.59. The van der Waals surface area contributed by atoms with Gasteiger partial charge in [-0.1, -0.05) is 79.4 Å². The van der Waals surface area contributed by atoms with E-state index in [2.05, 4.69) is 5.32 Å². The highest BCUT2D eigenvalue weighted by Crippen LogP contribution is 2.33. The molecule has 0 spiro atoms. The predicted octanol–water partition coefficient (Wildman–Crippen LogP) is 6.78. The number of ether oxygens (including phenoxy) is 2. The zero-order chi connectivity index (χ0) is 35.7. The van der Waals surface area contributed by atoms with Gasteiger partial charge in [-0.15, -0.1) is 0 Å². The van der Waals surface area contributed by atoms with Crippen molar-refractivity contribution in [3.63, 3.8) is 0 Å². The van der Waals surface area contributed by atoms with Gasteiger partial charge in [0.05, 0.1) is 24.8 Å². The fourth-order valence-corrected chi connectivity index (χ4v) is 7.77. The first kappa shape index (κ1) is 36.7. The van der Waals surface area contributed by atoms with Crippen LogP contribution in [0.25, 0.3) is 0 Å². The number of sulfonamides is 1. The molecule has 0 aliphatic heterocycles. The van der Waals surface area contributed by atoms with Crippen LogP contribution in [0.2, 0.25) is 5.02 Å². The van der Waals surface area contributed by atoms with Gasteiger partial charge in [0, 0.05) is 30.1 Å². The van der Waals surface area contributed by atoms with E-state index in [1.54, 1.807) is 24.3 Å². The van der Waals surface area contributed by atoms with E-state index in [-0.39, 0.29) is 41.2 Å². The Bertz CT molecular complexity index is 1870. The fraction of sp³-hybridized carbons (Fsp3) is 0.316. The molecule has 1 atom stereocenters. The smallest absolute Gasteiger partial charge is 0.264 e. The summed E-state index contributed by atoms with van der Waals surface area (Å²) in [5, 5.41) is 3.57. The van der Waals surface area contributed by atoms with Crippen LogP contribution in [-0.2, 0) is 32.6 Å². The minimum absolute atomic E-state index is 0.0343. The Hall–Kier alpha value is -4.61. The molecule has 0 heterocycles. The Labute approximate surface area is 298 Å². The molecule has 1 aliphatic carbocycles. The van der Waals surface area contributed by atoms with Crippen molar-refractivity contribution < 1.29 is 31.9 Å². The van der Waals surface area contributed by atoms with Gasteiger partial charge in [-0.2, -0.15) is 0 Å². The lowest BCUT2D eigenvalue weighted by atomic mass is 9.94. The number of anilines is 1. The van der Waals surface area contributed by atoms with E-state index in [4.69, 9.17) is 21.1 Å². The minimum atomic E-state index is -4.46. The zero-order valence-electron chi connectivity index (χ0n) is 28.1. The molecule has 50 heavy (non-hydrogen) atoms. The molecule has 1 fully saturated rings. The number of hydrogen-bond acceptors (Lipinski definition) is 6. The number of halogens is 2. The maximum Gasteiger partial charge on any atom is 0.264 e. The Kier molecular flexibility index (Phi) is 12.4. The van der Waals surface area contributed by atoms with Crippen LogP contribution in [0, 0.1) is 5.82 Å². The van der Waals surface area contributed by atoms with Crippen molar-refractivity contribution in [3.05, 3.63) is 119 Å². The zero-order valence-corrected chi connectivity index (χ0v) is 29.6. The quantitative estimate of drug-likeness (QED) is 0.154. The first-order valence-corrected chi connectivity index (χ1v) is 18.3. The molecule has 1 saturated carbocycles. The number of methoxy groups -OCH3 is 2. The standard InChI is InChI=1S/C38H41ClFN3O6S/c1-48-35-22-21-32(24-36(35)49-2)50(46,47)43(31-19-17-29(40)18-20-31)26-37(44)42(25-28-13-9-10-16-33(28)39)34(23-27-11-5-3-6-12-27)38(45)41-30-14-7-4-8-15-30/h3,5-6,9-13,16-22,24,30,34H,4,7-8,14-15,23,25-26H2,1-2H3,(H,41,45)/t34-/m0/s1. The fourth-order valence-electron chi connectivity index (χ4n) is 6.15. The Morgan fingerprint density at radius 3 is 2.20 bits per heavy atom. The lowest BCUT2D eigenvalue weighted by Crippen LogP contribution is -2.55. The van der Waals surface area contributed by atoms with Crippen molar-refractivity contribution in [1.29, 1.82) is 0 Å². The third-order valence-corrected chi connectivity index (χ3v) is 11.0. The third kappa shape index (κ3) is 8.94. The SMILES string of the molecule is COc1ccc(S(=O)(=O)N(CC(=O)N(Cc2ccccc2Cl)[C@@H](Cc2ccccc2)C(=O)NC2CCCCC2)c2ccc(F)cc2)cc1OC. The monoisotopic (exact) mass is 721 g/mol. The minimum Gasteiger partial charge on any atom is -0.493 e. The van der Waals surface area contributed by atoms with Crippen molar-refractivity contribution in [1.82, 2.24) is 10.2 Å². The Morgan fingerprint density at radius 2 is 1.54 bits per heavy atom. The molecule has 1 N–H and O–H groups in total. The third-order valence-electron chi connectivity index (χ3n) is 8.86. The van der Waals surface area contributed by atoms with Crippen molar-refractivity contribution in [2.45, 2.75) is 62.0 Å². The summed E-state index contributed by atoms with van der Waals surface area (Å²) in [6.07, 6.45) is 4.95. The van der Waals surface area contributed by atoms with Crippen LogP contribution in [0.5, 0.6) is 11.5 Å². The largest absolute Gasteiger partial charge is 0.493 e. The molecular weight excluding hydrogens is 681 g/mol. The number of benzene rings is 4. The van der Waals surface area contributed by atoms with E-state index in [0.717, 1.165) is 54.1 Å². The molecule has 4 aromatic carbocycles. The summed E-state index contributed by atoms with van der Waals surface area (Å²) in [4.78, 5) is 30.2. The van der Waals surface area contributed by atoms with Crippen LogP contribution in [0.1, 0.15) is 43.2 Å². The molecule has 12 heteroatoms. The normalized spacial score (nSPS) is 14.0. The van der Waals surface area contributed by atoms with E-state index in [1.165, 1.54) is 49.5 Å². The number of carbonyl (C=O) groups is 2. The second-order valence-corrected chi connectivity index (χ2v) is 14.4. The van der Waals surface area contributed by atoms with Crippen LogP contribution in [-0.4, -0.2) is 58.0 Å². The van der Waals surface area contributed by atoms with Gasteiger partial charge < -0.3 is 19.7 Å². The Morgan fingerprint density at radius 1 is 0.880 bits per heavy atom. The van der Waals surface area contributed by atoms with Gasteiger partial charge in [-0.3, -0.25) is 13.9 Å². The molecule has 1 aliphatic rings. The van der Waals surface area contributed by atoms with Crippen LogP contribution >= 0.6 is 11.6 Å². The first-order chi connectivity index (χ1) is 24.1. The van der Waals surface area contributed by atoms with Crippen molar-refractivity contribution in [2.75, 3.05) is 25.1 Å². The second kappa shape index (κ2) is 16.9. The highest BCUT2D eigenvalue weighted by Gasteiger charge is 2.36. The van der Waals surface area contributed by atoms with Crippen molar-refractivity contribution in [2.24, 2.45) is 0 Å². The molecular formula is C38H41ClFN3O6S. The number of hydrogen-bond donors (Lipinski definition) is 1. The second-order valence-electron chi connectivity index (χ2n) is 12.2. The first-order valence-electron chi connectivity index (χ1n) is 16.5. The Balaban J connectivity index is 1.58. The van der Waals surface area contributed by atoms with E-state index < -0.39 is 34.3 Å². The highest BCUT2D eigenvalue weighted by molar-refractivity contribution is 7.92. The molecule has 264 valence electrons. The molecule has 0 radical (unpaired) electrons. The van der Waals surface area contributed by atoms with Gasteiger partial charge in [0.15, 0.2) is 11.5 Å². The van der Waals surface area contributed by atoms with Gasteiger partial charge in [0.1, 0.15) is 18.4 Å². The van der Waals surface area contributed by atoms with E-state index >= 15 is 0 Å². The van der Waals surface area contributed by atoms with Gasteiger partial charge in [0.25, 0.3) is 10.0 Å². The van der Waals surface area contributed by atoms with Crippen molar-refractivity contribution >= 4 is 39.1 Å². The maximum absolute atomic E-state index is 14.7. The number of nitrogens with zero attached hydrogens (tertiary/aromatic N) is 2. The lowest BCUT2D eigenvalue weighted by molar-refractivity contribution is -0.140. The number of carbonyl (C=O) groups excluding carboxylic acids is 2.